The number of hydrogen-bond acceptors (Lipinski definition) is 4. The zero-order chi connectivity index (χ0) is 13.8. The Balaban J connectivity index is 2.16. The van der Waals surface area contributed by atoms with Crippen LogP contribution in [0.5, 0.6) is 0 Å². The maximum atomic E-state index is 11.6. The maximum Gasteiger partial charge on any atom is 0.306 e. The van der Waals surface area contributed by atoms with E-state index in [0.29, 0.717) is 12.8 Å². The van der Waals surface area contributed by atoms with E-state index in [4.69, 9.17) is 9.47 Å². The Morgan fingerprint density at radius 3 is 2.68 bits per heavy atom. The molecule has 2 atom stereocenters. The number of fused-ring (bicyclic) bond motifs is 1. The molecule has 0 saturated carbocycles. The maximum absolute atomic E-state index is 11.6. The molecule has 1 aromatic carbocycles. The van der Waals surface area contributed by atoms with Crippen molar-refractivity contribution in [2.24, 2.45) is 0 Å². The fraction of sp³-hybridized carbons (Fsp3) is 0.467. The molecule has 0 fully saturated rings. The Kier molecular flexibility index (Phi) is 4.20. The third-order valence-corrected chi connectivity index (χ3v) is 3.15. The number of ether oxygens (including phenoxy) is 2. The fourth-order valence-electron chi connectivity index (χ4n) is 2.38. The van der Waals surface area contributed by atoms with Crippen molar-refractivity contribution in [2.45, 2.75) is 45.3 Å². The average molecular weight is 262 g/mol. The normalized spacial score (nSPS) is 20.7. The third kappa shape index (κ3) is 3.13. The number of esters is 2. The van der Waals surface area contributed by atoms with Crippen molar-refractivity contribution >= 4 is 11.9 Å². The van der Waals surface area contributed by atoms with Gasteiger partial charge in [0.2, 0.25) is 0 Å². The van der Waals surface area contributed by atoms with E-state index in [1.165, 1.54) is 6.92 Å². The summed E-state index contributed by atoms with van der Waals surface area (Å²) >= 11 is 0. The van der Waals surface area contributed by atoms with E-state index in [2.05, 4.69) is 0 Å². The van der Waals surface area contributed by atoms with Crippen LogP contribution in [0.2, 0.25) is 0 Å². The average Bonchev–Trinajstić information content (AvgIpc) is 2.67. The summed E-state index contributed by atoms with van der Waals surface area (Å²) in [5.41, 5.74) is 2.01. The molecule has 1 aliphatic carbocycles. The molecule has 19 heavy (non-hydrogen) atoms. The molecule has 2 rings (SSSR count). The monoisotopic (exact) mass is 262 g/mol. The zero-order valence-corrected chi connectivity index (χ0v) is 11.2. The van der Waals surface area contributed by atoms with E-state index in [0.717, 1.165) is 17.5 Å². The van der Waals surface area contributed by atoms with Crippen LogP contribution >= 0.6 is 0 Å². The first-order chi connectivity index (χ1) is 9.11. The molecule has 0 heterocycles. The van der Waals surface area contributed by atoms with Crippen molar-refractivity contribution in [3.8, 4) is 0 Å². The van der Waals surface area contributed by atoms with Crippen molar-refractivity contribution in [3.63, 3.8) is 0 Å². The minimum Gasteiger partial charge on any atom is -0.458 e. The van der Waals surface area contributed by atoms with Gasteiger partial charge in [0, 0.05) is 19.8 Å². The Labute approximate surface area is 112 Å². The second kappa shape index (κ2) is 5.87. The van der Waals surface area contributed by atoms with E-state index < -0.39 is 12.2 Å². The first-order valence-electron chi connectivity index (χ1n) is 6.56. The van der Waals surface area contributed by atoms with E-state index in [1.54, 1.807) is 0 Å². The predicted molar refractivity (Wildman–Crippen MR) is 69.4 cm³/mol. The van der Waals surface area contributed by atoms with Crippen molar-refractivity contribution in [1.29, 1.82) is 0 Å². The van der Waals surface area contributed by atoms with Crippen LogP contribution in [0.4, 0.5) is 0 Å². The highest BCUT2D eigenvalue weighted by Crippen LogP contribution is 2.36. The highest BCUT2D eigenvalue weighted by atomic mass is 16.6. The summed E-state index contributed by atoms with van der Waals surface area (Å²) in [4.78, 5) is 22.8. The van der Waals surface area contributed by atoms with Crippen molar-refractivity contribution in [1.82, 2.24) is 0 Å². The van der Waals surface area contributed by atoms with Crippen LogP contribution in [0.3, 0.4) is 0 Å². The van der Waals surface area contributed by atoms with Crippen LogP contribution < -0.4 is 0 Å². The summed E-state index contributed by atoms with van der Waals surface area (Å²) < 4.78 is 10.7. The van der Waals surface area contributed by atoms with Crippen LogP contribution in [0, 0.1) is 0 Å². The van der Waals surface area contributed by atoms with E-state index in [1.807, 2.05) is 31.2 Å². The van der Waals surface area contributed by atoms with Gasteiger partial charge < -0.3 is 9.47 Å². The molecule has 0 N–H and O–H groups in total. The summed E-state index contributed by atoms with van der Waals surface area (Å²) in [5.74, 6) is -0.601. The Hall–Kier alpha value is -1.84. The number of carbonyl (C=O) groups excluding carboxylic acids is 2. The Bertz CT molecular complexity index is 481. The van der Waals surface area contributed by atoms with Gasteiger partial charge in [-0.05, 0) is 17.5 Å². The van der Waals surface area contributed by atoms with Crippen LogP contribution in [0.25, 0.3) is 0 Å². The first kappa shape index (κ1) is 13.6. The molecule has 4 heteroatoms. The lowest BCUT2D eigenvalue weighted by atomic mass is 10.1. The topological polar surface area (TPSA) is 52.6 Å². The molecule has 0 unspecified atom stereocenters. The first-order valence-corrected chi connectivity index (χ1v) is 6.56. The van der Waals surface area contributed by atoms with Gasteiger partial charge in [-0.25, -0.2) is 0 Å². The molecule has 0 aromatic heterocycles. The molecule has 0 radical (unpaired) electrons. The predicted octanol–water partition coefficient (Wildman–Crippen LogP) is 2.56. The lowest BCUT2D eigenvalue weighted by Crippen LogP contribution is -2.25. The number of rotatable bonds is 4. The summed E-state index contributed by atoms with van der Waals surface area (Å²) in [6.45, 7) is 3.29. The quantitative estimate of drug-likeness (QED) is 0.782. The zero-order valence-electron chi connectivity index (χ0n) is 11.2. The molecular weight excluding hydrogens is 244 g/mol. The minimum atomic E-state index is -0.477. The van der Waals surface area contributed by atoms with E-state index in [-0.39, 0.29) is 11.9 Å². The van der Waals surface area contributed by atoms with Gasteiger partial charge in [0.15, 0.2) is 6.10 Å². The minimum absolute atomic E-state index is 0.238. The van der Waals surface area contributed by atoms with Crippen LogP contribution in [0.1, 0.15) is 43.9 Å². The Morgan fingerprint density at radius 1 is 1.26 bits per heavy atom. The summed E-state index contributed by atoms with van der Waals surface area (Å²) in [6, 6.07) is 7.71. The van der Waals surface area contributed by atoms with E-state index >= 15 is 0 Å². The summed E-state index contributed by atoms with van der Waals surface area (Å²) in [6.07, 6.45) is 0.856. The lowest BCUT2D eigenvalue weighted by molar-refractivity contribution is -0.165. The van der Waals surface area contributed by atoms with Gasteiger partial charge in [-0.3, -0.25) is 9.59 Å². The SMILES string of the molecule is CCCC(=O)O[C@H]1Cc2ccccc2[C@H]1OC(C)=O. The molecule has 0 aliphatic heterocycles. The number of benzene rings is 1. The summed E-state index contributed by atoms with van der Waals surface area (Å²) in [5, 5.41) is 0. The van der Waals surface area contributed by atoms with Crippen molar-refractivity contribution in [2.75, 3.05) is 0 Å². The smallest absolute Gasteiger partial charge is 0.306 e. The van der Waals surface area contributed by atoms with Crippen LogP contribution in [0.15, 0.2) is 24.3 Å². The fourth-order valence-corrected chi connectivity index (χ4v) is 2.38. The van der Waals surface area contributed by atoms with Gasteiger partial charge in [-0.2, -0.15) is 0 Å². The van der Waals surface area contributed by atoms with Crippen LogP contribution in [-0.4, -0.2) is 18.0 Å². The van der Waals surface area contributed by atoms with Crippen LogP contribution in [-0.2, 0) is 25.5 Å². The molecule has 1 aliphatic rings. The van der Waals surface area contributed by atoms with E-state index in [9.17, 15) is 9.59 Å². The van der Waals surface area contributed by atoms with Gasteiger partial charge in [-0.15, -0.1) is 0 Å². The van der Waals surface area contributed by atoms with Gasteiger partial charge >= 0.3 is 11.9 Å². The Morgan fingerprint density at radius 2 is 2.00 bits per heavy atom. The molecule has 102 valence electrons. The van der Waals surface area contributed by atoms with Crippen molar-refractivity contribution < 1.29 is 19.1 Å². The third-order valence-electron chi connectivity index (χ3n) is 3.15. The standard InChI is InChI=1S/C15H18O4/c1-3-6-14(17)19-13-9-11-7-4-5-8-12(11)15(13)18-10(2)16/h4-5,7-8,13,15H,3,6,9H2,1-2H3/t13-,15+/m0/s1. The second-order valence-electron chi connectivity index (χ2n) is 4.71. The molecule has 0 amide bonds. The molecule has 1 aromatic rings. The van der Waals surface area contributed by atoms with Gasteiger partial charge in [0.1, 0.15) is 6.10 Å². The highest BCUT2D eigenvalue weighted by Gasteiger charge is 2.37. The van der Waals surface area contributed by atoms with Crippen molar-refractivity contribution in [3.05, 3.63) is 35.4 Å². The van der Waals surface area contributed by atoms with Gasteiger partial charge in [0.25, 0.3) is 0 Å². The molecule has 0 bridgehead atoms. The van der Waals surface area contributed by atoms with Gasteiger partial charge in [0.05, 0.1) is 0 Å². The summed E-state index contributed by atoms with van der Waals surface area (Å²) in [7, 11) is 0. The second-order valence-corrected chi connectivity index (χ2v) is 4.71. The lowest BCUT2D eigenvalue weighted by Gasteiger charge is -2.20. The molecule has 4 nitrogen and oxygen atoms in total. The van der Waals surface area contributed by atoms with Gasteiger partial charge in [-0.1, -0.05) is 31.2 Å². The highest BCUT2D eigenvalue weighted by molar-refractivity contribution is 5.70. The number of hydrogen-bond donors (Lipinski definition) is 0. The number of carbonyl (C=O) groups is 2. The molecule has 0 spiro atoms. The molecular formula is C15H18O4. The largest absolute Gasteiger partial charge is 0.458 e. The molecule has 0 saturated heterocycles.